The highest BCUT2D eigenvalue weighted by Gasteiger charge is 2.16. The van der Waals surface area contributed by atoms with Crippen LogP contribution in [-0.4, -0.2) is 21.0 Å². The van der Waals surface area contributed by atoms with Crippen molar-refractivity contribution in [2.75, 3.05) is 6.54 Å². The first kappa shape index (κ1) is 15.6. The molecule has 1 rings (SSSR count). The van der Waals surface area contributed by atoms with E-state index in [1.807, 2.05) is 13.8 Å². The molecular weight excluding hydrogens is 268 g/mol. The van der Waals surface area contributed by atoms with Crippen LogP contribution < -0.4 is 10.0 Å². The van der Waals surface area contributed by atoms with Crippen LogP contribution in [0.4, 0.5) is 0 Å². The van der Waals surface area contributed by atoms with Crippen molar-refractivity contribution >= 4 is 21.4 Å². The van der Waals surface area contributed by atoms with Gasteiger partial charge in [-0.25, -0.2) is 13.1 Å². The summed E-state index contributed by atoms with van der Waals surface area (Å²) >= 11 is 1.47. The smallest absolute Gasteiger partial charge is 0.241 e. The van der Waals surface area contributed by atoms with Gasteiger partial charge in [0.15, 0.2) is 0 Å². The third-order valence-electron chi connectivity index (χ3n) is 2.31. The molecule has 104 valence electrons. The molecule has 0 saturated heterocycles. The van der Waals surface area contributed by atoms with Crippen LogP contribution in [0.1, 0.15) is 32.6 Å². The fraction of sp³-hybridized carbons (Fsp3) is 0.667. The summed E-state index contributed by atoms with van der Waals surface area (Å²) in [4.78, 5) is 1.40. The van der Waals surface area contributed by atoms with Gasteiger partial charge in [0, 0.05) is 29.4 Å². The van der Waals surface area contributed by atoms with Crippen molar-refractivity contribution in [2.45, 2.75) is 45.2 Å². The Morgan fingerprint density at radius 1 is 1.28 bits per heavy atom. The molecule has 6 heteroatoms. The lowest BCUT2D eigenvalue weighted by Gasteiger charge is -2.07. The second-order valence-electron chi connectivity index (χ2n) is 5.03. The van der Waals surface area contributed by atoms with Gasteiger partial charge in [0.1, 0.15) is 0 Å². The van der Waals surface area contributed by atoms with Gasteiger partial charge in [-0.3, -0.25) is 0 Å². The van der Waals surface area contributed by atoms with Crippen LogP contribution in [0.2, 0.25) is 0 Å². The zero-order valence-electron chi connectivity index (χ0n) is 11.4. The first-order valence-corrected chi connectivity index (χ1v) is 8.48. The monoisotopic (exact) mass is 290 g/mol. The van der Waals surface area contributed by atoms with Gasteiger partial charge in [-0.05, 0) is 12.0 Å². The Morgan fingerprint density at radius 3 is 2.50 bits per heavy atom. The Hall–Kier alpha value is -0.430. The minimum absolute atomic E-state index is 0.306. The van der Waals surface area contributed by atoms with Gasteiger partial charge in [-0.2, -0.15) is 0 Å². The predicted molar refractivity (Wildman–Crippen MR) is 76.3 cm³/mol. The van der Waals surface area contributed by atoms with Crippen molar-refractivity contribution in [3.05, 3.63) is 16.3 Å². The summed E-state index contributed by atoms with van der Waals surface area (Å²) in [5, 5.41) is 4.97. The molecule has 4 nitrogen and oxygen atoms in total. The second-order valence-corrected chi connectivity index (χ2v) is 7.79. The largest absolute Gasteiger partial charge is 0.310 e. The molecule has 0 aromatic carbocycles. The third kappa shape index (κ3) is 5.06. The molecule has 0 radical (unpaired) electrons. The highest BCUT2D eigenvalue weighted by Crippen LogP contribution is 2.19. The first-order valence-electron chi connectivity index (χ1n) is 6.11. The zero-order valence-corrected chi connectivity index (χ0v) is 13.0. The fourth-order valence-electron chi connectivity index (χ4n) is 1.26. The molecule has 0 saturated carbocycles. The van der Waals surface area contributed by atoms with Crippen molar-refractivity contribution < 1.29 is 8.42 Å². The number of nitrogens with one attached hydrogen (secondary N) is 2. The van der Waals surface area contributed by atoms with E-state index in [4.69, 9.17) is 0 Å². The van der Waals surface area contributed by atoms with Crippen LogP contribution in [0.3, 0.4) is 0 Å². The number of rotatable bonds is 7. The zero-order chi connectivity index (χ0) is 13.8. The molecule has 1 heterocycles. The van der Waals surface area contributed by atoms with Gasteiger partial charge in [0.05, 0.1) is 4.90 Å². The molecule has 2 N–H and O–H groups in total. The molecule has 0 bridgehead atoms. The second kappa shape index (κ2) is 6.65. The van der Waals surface area contributed by atoms with Crippen LogP contribution in [0.25, 0.3) is 0 Å². The van der Waals surface area contributed by atoms with Gasteiger partial charge in [-0.1, -0.05) is 27.7 Å². The van der Waals surface area contributed by atoms with Crippen molar-refractivity contribution in [3.8, 4) is 0 Å². The van der Waals surface area contributed by atoms with E-state index < -0.39 is 10.0 Å². The highest BCUT2D eigenvalue weighted by atomic mass is 32.2. The average Bonchev–Trinajstić information content (AvgIpc) is 2.73. The Kier molecular flexibility index (Phi) is 5.78. The summed E-state index contributed by atoms with van der Waals surface area (Å²) in [6.07, 6.45) is 0. The average molecular weight is 290 g/mol. The predicted octanol–water partition coefficient (Wildman–Crippen LogP) is 2.18. The summed E-state index contributed by atoms with van der Waals surface area (Å²) < 4.78 is 26.5. The van der Waals surface area contributed by atoms with Crippen molar-refractivity contribution in [1.29, 1.82) is 0 Å². The van der Waals surface area contributed by atoms with E-state index in [1.54, 1.807) is 11.4 Å². The van der Waals surface area contributed by atoms with Gasteiger partial charge in [-0.15, -0.1) is 11.3 Å². The summed E-state index contributed by atoms with van der Waals surface area (Å²) in [6.45, 7) is 9.27. The summed E-state index contributed by atoms with van der Waals surface area (Å²) in [5.74, 6) is 0.306. The summed E-state index contributed by atoms with van der Waals surface area (Å²) in [6, 6.07) is 2.13. The van der Waals surface area contributed by atoms with E-state index in [0.29, 0.717) is 29.9 Å². The molecule has 0 unspecified atom stereocenters. The Morgan fingerprint density at radius 2 is 1.94 bits per heavy atom. The van der Waals surface area contributed by atoms with Crippen LogP contribution in [0, 0.1) is 5.92 Å². The maximum absolute atomic E-state index is 12.0. The lowest BCUT2D eigenvalue weighted by molar-refractivity contribution is 0.560. The molecule has 0 fully saturated rings. The van der Waals surface area contributed by atoms with Crippen LogP contribution in [0.15, 0.2) is 16.3 Å². The maximum atomic E-state index is 12.0. The minimum Gasteiger partial charge on any atom is -0.310 e. The normalized spacial score (nSPS) is 12.6. The molecule has 18 heavy (non-hydrogen) atoms. The van der Waals surface area contributed by atoms with E-state index in [2.05, 4.69) is 23.9 Å². The molecule has 1 aromatic heterocycles. The van der Waals surface area contributed by atoms with Gasteiger partial charge in [0.2, 0.25) is 10.0 Å². The maximum Gasteiger partial charge on any atom is 0.241 e. The van der Waals surface area contributed by atoms with E-state index in [-0.39, 0.29) is 0 Å². The molecule has 0 aliphatic carbocycles. The fourth-order valence-corrected chi connectivity index (χ4v) is 3.70. The third-order valence-corrected chi connectivity index (χ3v) is 4.80. The molecule has 0 aliphatic rings. The van der Waals surface area contributed by atoms with Crippen LogP contribution in [-0.2, 0) is 16.6 Å². The lowest BCUT2D eigenvalue weighted by Crippen LogP contribution is -2.27. The molecule has 0 atom stereocenters. The number of hydrogen-bond donors (Lipinski definition) is 2. The van der Waals surface area contributed by atoms with E-state index in [9.17, 15) is 8.42 Å². The van der Waals surface area contributed by atoms with Gasteiger partial charge >= 0.3 is 0 Å². The Bertz CT molecular complexity index is 464. The number of hydrogen-bond acceptors (Lipinski definition) is 4. The summed E-state index contributed by atoms with van der Waals surface area (Å²) in [7, 11) is -3.34. The molecular formula is C12H22N2O2S2. The summed E-state index contributed by atoms with van der Waals surface area (Å²) in [5.41, 5.74) is 0. The molecule has 0 aliphatic heterocycles. The molecule has 0 amide bonds. The molecule has 1 aromatic rings. The quantitative estimate of drug-likeness (QED) is 0.809. The van der Waals surface area contributed by atoms with Crippen molar-refractivity contribution in [3.63, 3.8) is 0 Å². The lowest BCUT2D eigenvalue weighted by atomic mass is 10.2. The van der Waals surface area contributed by atoms with E-state index in [1.165, 1.54) is 11.3 Å². The standard InChI is InChI=1S/C12H22N2O2S2/c1-9(2)6-14-18(15,16)12-5-11(17-8-12)7-13-10(3)4/h5,8-10,13-14H,6-7H2,1-4H3. The topological polar surface area (TPSA) is 58.2 Å². The van der Waals surface area contributed by atoms with Gasteiger partial charge in [0.25, 0.3) is 0 Å². The Balaban J connectivity index is 2.66. The van der Waals surface area contributed by atoms with Crippen molar-refractivity contribution in [2.24, 2.45) is 5.92 Å². The van der Waals surface area contributed by atoms with Crippen LogP contribution >= 0.6 is 11.3 Å². The van der Waals surface area contributed by atoms with Crippen molar-refractivity contribution in [1.82, 2.24) is 10.0 Å². The van der Waals surface area contributed by atoms with Crippen LogP contribution in [0.5, 0.6) is 0 Å². The minimum atomic E-state index is -3.34. The first-order chi connectivity index (χ1) is 8.31. The number of sulfonamides is 1. The highest BCUT2D eigenvalue weighted by molar-refractivity contribution is 7.89. The van der Waals surface area contributed by atoms with E-state index in [0.717, 1.165) is 4.88 Å². The number of thiophene rings is 1. The Labute approximate surface area is 114 Å². The van der Waals surface area contributed by atoms with E-state index >= 15 is 0 Å². The molecule has 0 spiro atoms. The van der Waals surface area contributed by atoms with Gasteiger partial charge < -0.3 is 5.32 Å². The SMILES string of the molecule is CC(C)CNS(=O)(=O)c1csc(CNC(C)C)c1.